The molecule has 7 heteroatoms. The van der Waals surface area contributed by atoms with Gasteiger partial charge in [-0.2, -0.15) is 4.31 Å². The van der Waals surface area contributed by atoms with Crippen molar-refractivity contribution in [2.75, 3.05) is 19.6 Å². The van der Waals surface area contributed by atoms with Crippen LogP contribution in [0.2, 0.25) is 0 Å². The third-order valence-electron chi connectivity index (χ3n) is 5.98. The highest BCUT2D eigenvalue weighted by atomic mass is 32.2. The average molecular weight is 440 g/mol. The van der Waals surface area contributed by atoms with Crippen LogP contribution in [0.15, 0.2) is 65.7 Å². The lowest BCUT2D eigenvalue weighted by Crippen LogP contribution is -2.35. The Hall–Kier alpha value is -2.64. The lowest BCUT2D eigenvalue weighted by atomic mass is 10.0. The molecule has 1 N–H and O–H groups in total. The minimum Gasteiger partial charge on any atom is -0.354 e. The van der Waals surface area contributed by atoms with Gasteiger partial charge in [0.2, 0.25) is 15.9 Å². The zero-order valence-electron chi connectivity index (χ0n) is 17.8. The first-order valence-electron chi connectivity index (χ1n) is 10.9. The van der Waals surface area contributed by atoms with Gasteiger partial charge in [0, 0.05) is 36.7 Å². The van der Waals surface area contributed by atoms with E-state index < -0.39 is 10.0 Å². The molecule has 1 amide bonds. The first kappa shape index (κ1) is 21.6. The number of sulfonamides is 1. The Morgan fingerprint density at radius 3 is 2.52 bits per heavy atom. The highest BCUT2D eigenvalue weighted by molar-refractivity contribution is 7.89. The normalized spacial score (nSPS) is 16.3. The van der Waals surface area contributed by atoms with Gasteiger partial charge in [-0.25, -0.2) is 8.42 Å². The smallest absolute Gasteiger partial charge is 0.243 e. The molecule has 0 spiro atoms. The molecule has 3 aromatic rings. The van der Waals surface area contributed by atoms with Crippen LogP contribution in [0.1, 0.15) is 37.7 Å². The summed E-state index contributed by atoms with van der Waals surface area (Å²) in [6, 6.07) is 17.1. The van der Waals surface area contributed by atoms with Crippen molar-refractivity contribution in [1.82, 2.24) is 14.2 Å². The number of nitrogens with one attached hydrogen (secondary N) is 1. The van der Waals surface area contributed by atoms with Gasteiger partial charge in [0.05, 0.1) is 4.90 Å². The summed E-state index contributed by atoms with van der Waals surface area (Å²) in [6.45, 7) is 4.03. The number of fused-ring (bicyclic) bond motifs is 1. The van der Waals surface area contributed by atoms with Crippen LogP contribution in [0.5, 0.6) is 0 Å². The van der Waals surface area contributed by atoms with E-state index in [-0.39, 0.29) is 18.4 Å². The molecule has 0 saturated carbocycles. The highest BCUT2D eigenvalue weighted by Crippen LogP contribution is 2.25. The SMILES string of the molecule is C[C@H](CNC(=O)Cn1ccc2cc(S(=O)(=O)N3CCCCC3)ccc21)c1ccccc1. The van der Waals surface area contributed by atoms with Gasteiger partial charge in [0.15, 0.2) is 0 Å². The van der Waals surface area contributed by atoms with Crippen molar-refractivity contribution in [1.29, 1.82) is 0 Å². The lowest BCUT2D eigenvalue weighted by molar-refractivity contribution is -0.121. The average Bonchev–Trinajstić information content (AvgIpc) is 3.20. The van der Waals surface area contributed by atoms with Crippen molar-refractivity contribution >= 4 is 26.8 Å². The Balaban J connectivity index is 1.43. The number of amides is 1. The van der Waals surface area contributed by atoms with Crippen molar-refractivity contribution in [3.05, 3.63) is 66.4 Å². The van der Waals surface area contributed by atoms with Crippen molar-refractivity contribution in [2.45, 2.75) is 43.5 Å². The fourth-order valence-corrected chi connectivity index (χ4v) is 5.66. The Morgan fingerprint density at radius 1 is 1.03 bits per heavy atom. The predicted molar refractivity (Wildman–Crippen MR) is 122 cm³/mol. The summed E-state index contributed by atoms with van der Waals surface area (Å²) in [5, 5.41) is 3.82. The topological polar surface area (TPSA) is 71.4 Å². The zero-order valence-corrected chi connectivity index (χ0v) is 18.6. The number of piperidine rings is 1. The quantitative estimate of drug-likeness (QED) is 0.610. The number of carbonyl (C=O) groups is 1. The molecule has 1 aromatic heterocycles. The molecule has 1 aliphatic heterocycles. The molecule has 1 saturated heterocycles. The number of carbonyl (C=O) groups excluding carboxylic acids is 1. The zero-order chi connectivity index (χ0) is 21.8. The summed E-state index contributed by atoms with van der Waals surface area (Å²) in [6.07, 6.45) is 4.74. The summed E-state index contributed by atoms with van der Waals surface area (Å²) in [5.74, 6) is 0.166. The van der Waals surface area contributed by atoms with Gasteiger partial charge >= 0.3 is 0 Å². The van der Waals surface area contributed by atoms with E-state index in [1.165, 1.54) is 5.56 Å². The Bertz CT molecular complexity index is 1150. The molecule has 0 aliphatic carbocycles. The number of hydrogen-bond acceptors (Lipinski definition) is 3. The Labute approximate surface area is 183 Å². The fraction of sp³-hybridized carbons (Fsp3) is 0.375. The highest BCUT2D eigenvalue weighted by Gasteiger charge is 2.26. The minimum absolute atomic E-state index is 0.0645. The molecule has 0 unspecified atom stereocenters. The maximum atomic E-state index is 12.9. The van der Waals surface area contributed by atoms with E-state index in [4.69, 9.17) is 0 Å². The number of nitrogens with zero attached hydrogens (tertiary/aromatic N) is 2. The fourth-order valence-electron chi connectivity index (χ4n) is 4.11. The number of aromatic nitrogens is 1. The largest absolute Gasteiger partial charge is 0.354 e. The molecular weight excluding hydrogens is 410 g/mol. The molecule has 31 heavy (non-hydrogen) atoms. The van der Waals surface area contributed by atoms with Crippen LogP contribution in [-0.4, -0.2) is 42.8 Å². The summed E-state index contributed by atoms with van der Waals surface area (Å²) in [4.78, 5) is 12.8. The van der Waals surface area contributed by atoms with E-state index in [0.717, 1.165) is 30.2 Å². The first-order chi connectivity index (χ1) is 14.9. The molecule has 4 rings (SSSR count). The Kier molecular flexibility index (Phi) is 6.43. The van der Waals surface area contributed by atoms with Gasteiger partial charge in [0.25, 0.3) is 0 Å². The van der Waals surface area contributed by atoms with Crippen LogP contribution < -0.4 is 5.32 Å². The maximum absolute atomic E-state index is 12.9. The second kappa shape index (κ2) is 9.24. The van der Waals surface area contributed by atoms with Crippen LogP contribution in [0.3, 0.4) is 0 Å². The molecule has 1 aliphatic rings. The van der Waals surface area contributed by atoms with E-state index in [1.54, 1.807) is 22.5 Å². The molecule has 0 bridgehead atoms. The van der Waals surface area contributed by atoms with E-state index in [9.17, 15) is 13.2 Å². The van der Waals surface area contributed by atoms with E-state index in [0.29, 0.717) is 24.5 Å². The summed E-state index contributed by atoms with van der Waals surface area (Å²) < 4.78 is 29.3. The number of rotatable bonds is 7. The maximum Gasteiger partial charge on any atom is 0.243 e. The lowest BCUT2D eigenvalue weighted by Gasteiger charge is -2.25. The van der Waals surface area contributed by atoms with Gasteiger partial charge in [-0.3, -0.25) is 4.79 Å². The predicted octanol–water partition coefficient (Wildman–Crippen LogP) is 3.74. The van der Waals surface area contributed by atoms with Crippen molar-refractivity contribution in [3.8, 4) is 0 Å². The molecule has 1 atom stereocenters. The molecule has 1 fully saturated rings. The molecule has 6 nitrogen and oxygen atoms in total. The third kappa shape index (κ3) is 4.83. The molecule has 0 radical (unpaired) electrons. The van der Waals surface area contributed by atoms with Crippen molar-refractivity contribution in [2.24, 2.45) is 0 Å². The number of hydrogen-bond donors (Lipinski definition) is 1. The standard InChI is InChI=1S/C24H29N3O3S/c1-19(20-8-4-2-5-9-20)17-25-24(28)18-26-15-12-21-16-22(10-11-23(21)26)31(29,30)27-13-6-3-7-14-27/h2,4-5,8-12,15-16,19H,3,6-7,13-14,17-18H2,1H3,(H,25,28)/t19-/m1/s1. The van der Waals surface area contributed by atoms with Gasteiger partial charge in [-0.1, -0.05) is 43.7 Å². The van der Waals surface area contributed by atoms with Crippen LogP contribution in [0.4, 0.5) is 0 Å². The van der Waals surface area contributed by atoms with Gasteiger partial charge in [-0.05, 0) is 48.6 Å². The van der Waals surface area contributed by atoms with Crippen LogP contribution in [0.25, 0.3) is 10.9 Å². The van der Waals surface area contributed by atoms with E-state index in [1.807, 2.05) is 35.0 Å². The summed E-state index contributed by atoms with van der Waals surface area (Å²) in [5.41, 5.74) is 2.04. The number of benzene rings is 2. The van der Waals surface area contributed by atoms with E-state index in [2.05, 4.69) is 24.4 Å². The molecule has 164 valence electrons. The van der Waals surface area contributed by atoms with Crippen LogP contribution in [-0.2, 0) is 21.4 Å². The molecule has 2 heterocycles. The second-order valence-electron chi connectivity index (χ2n) is 8.24. The van der Waals surface area contributed by atoms with Gasteiger partial charge in [0.1, 0.15) is 6.54 Å². The van der Waals surface area contributed by atoms with Gasteiger partial charge in [-0.15, -0.1) is 0 Å². The third-order valence-corrected chi connectivity index (χ3v) is 7.88. The summed E-state index contributed by atoms with van der Waals surface area (Å²) >= 11 is 0. The Morgan fingerprint density at radius 2 is 1.77 bits per heavy atom. The van der Waals surface area contributed by atoms with Crippen molar-refractivity contribution in [3.63, 3.8) is 0 Å². The van der Waals surface area contributed by atoms with Crippen LogP contribution >= 0.6 is 0 Å². The monoisotopic (exact) mass is 439 g/mol. The first-order valence-corrected chi connectivity index (χ1v) is 12.3. The van der Waals surface area contributed by atoms with Gasteiger partial charge < -0.3 is 9.88 Å². The summed E-state index contributed by atoms with van der Waals surface area (Å²) in [7, 11) is -3.47. The minimum atomic E-state index is -3.47. The van der Waals surface area contributed by atoms with E-state index >= 15 is 0 Å². The molecule has 2 aromatic carbocycles. The van der Waals surface area contributed by atoms with Crippen LogP contribution in [0, 0.1) is 0 Å². The van der Waals surface area contributed by atoms with Crippen molar-refractivity contribution < 1.29 is 13.2 Å². The molecular formula is C24H29N3O3S. The second-order valence-corrected chi connectivity index (χ2v) is 10.2.